The molecule has 0 amide bonds. The van der Waals surface area contributed by atoms with Crippen molar-refractivity contribution in [3.8, 4) is 0 Å². The first kappa shape index (κ1) is 17.1. The van der Waals surface area contributed by atoms with Gasteiger partial charge in [0, 0.05) is 55.9 Å². The number of rotatable bonds is 2. The highest BCUT2D eigenvalue weighted by molar-refractivity contribution is 5.58. The Labute approximate surface area is 149 Å². The van der Waals surface area contributed by atoms with Crippen LogP contribution in [0.25, 0.3) is 0 Å². The van der Waals surface area contributed by atoms with Gasteiger partial charge in [0.25, 0.3) is 5.92 Å². The molecule has 1 unspecified atom stereocenters. The van der Waals surface area contributed by atoms with Crippen molar-refractivity contribution in [3.63, 3.8) is 0 Å². The van der Waals surface area contributed by atoms with Gasteiger partial charge in [-0.1, -0.05) is 13.8 Å². The van der Waals surface area contributed by atoms with Gasteiger partial charge in [0.05, 0.1) is 0 Å². The summed E-state index contributed by atoms with van der Waals surface area (Å²) in [6, 6.07) is 9.68. The maximum atomic E-state index is 13.4. The maximum Gasteiger partial charge on any atom is 0.251 e. The highest BCUT2D eigenvalue weighted by atomic mass is 19.3. The van der Waals surface area contributed by atoms with E-state index in [-0.39, 0.29) is 12.8 Å². The number of benzene rings is 1. The lowest BCUT2D eigenvalue weighted by Gasteiger charge is -2.48. The average Bonchev–Trinajstić information content (AvgIpc) is 2.85. The predicted octanol–water partition coefficient (Wildman–Crippen LogP) is 3.89. The Morgan fingerprint density at radius 1 is 1.04 bits per heavy atom. The van der Waals surface area contributed by atoms with Crippen molar-refractivity contribution in [1.82, 2.24) is 5.32 Å². The number of piperidine rings is 2. The lowest BCUT2D eigenvalue weighted by Crippen LogP contribution is -2.54. The van der Waals surface area contributed by atoms with E-state index in [9.17, 15) is 8.78 Å². The minimum absolute atomic E-state index is 0.0372. The molecule has 4 saturated heterocycles. The van der Waals surface area contributed by atoms with Gasteiger partial charge in [-0.2, -0.15) is 0 Å². The van der Waals surface area contributed by atoms with E-state index in [0.717, 1.165) is 18.8 Å². The average molecular weight is 349 g/mol. The Hall–Kier alpha value is -1.36. The zero-order valence-corrected chi connectivity index (χ0v) is 15.3. The van der Waals surface area contributed by atoms with Crippen LogP contribution in [-0.2, 0) is 0 Å². The molecule has 1 aromatic carbocycles. The normalized spacial score (nSPS) is 31.0. The Bertz CT molecular complexity index is 604. The standard InChI is InChI=1S/C20H29F2N3/c1-19(2)13-15-14-25(18(19)7-10-23-15)17-5-3-16(4-6-17)24-11-8-20(21,22)9-12-24/h3-6,15,18,23H,7-14H2,1-2H3/t15-,18?/m0/s1. The molecule has 5 rings (SSSR count). The zero-order chi connectivity index (χ0) is 17.7. The molecule has 2 bridgehead atoms. The fourth-order valence-electron chi connectivity index (χ4n) is 4.96. The number of halogens is 2. The Morgan fingerprint density at radius 2 is 1.68 bits per heavy atom. The van der Waals surface area contributed by atoms with Gasteiger partial charge < -0.3 is 15.1 Å². The number of hydrogen-bond donors (Lipinski definition) is 1. The molecule has 0 radical (unpaired) electrons. The molecule has 5 heteroatoms. The van der Waals surface area contributed by atoms with Crippen LogP contribution in [0.2, 0.25) is 0 Å². The second-order valence-corrected chi connectivity index (χ2v) is 8.66. The van der Waals surface area contributed by atoms with Crippen molar-refractivity contribution >= 4 is 11.4 Å². The van der Waals surface area contributed by atoms with E-state index in [1.54, 1.807) is 0 Å². The van der Waals surface area contributed by atoms with Crippen molar-refractivity contribution in [2.24, 2.45) is 5.41 Å². The van der Waals surface area contributed by atoms with E-state index in [4.69, 9.17) is 0 Å². The van der Waals surface area contributed by atoms with Crippen molar-refractivity contribution in [1.29, 1.82) is 0 Å². The molecule has 3 nitrogen and oxygen atoms in total. The topological polar surface area (TPSA) is 18.5 Å². The molecular weight excluding hydrogens is 320 g/mol. The number of anilines is 2. The van der Waals surface area contributed by atoms with E-state index < -0.39 is 5.92 Å². The fourth-order valence-corrected chi connectivity index (χ4v) is 4.96. The highest BCUT2D eigenvalue weighted by Gasteiger charge is 2.43. The van der Waals surface area contributed by atoms with Crippen LogP contribution in [-0.4, -0.2) is 44.2 Å². The minimum atomic E-state index is -2.49. The molecule has 2 atom stereocenters. The lowest BCUT2D eigenvalue weighted by molar-refractivity contribution is -0.0220. The summed E-state index contributed by atoms with van der Waals surface area (Å²) >= 11 is 0. The van der Waals surface area contributed by atoms with Crippen molar-refractivity contribution in [3.05, 3.63) is 24.3 Å². The van der Waals surface area contributed by atoms with E-state index >= 15 is 0 Å². The van der Waals surface area contributed by atoms with E-state index in [2.05, 4.69) is 53.2 Å². The quantitative estimate of drug-likeness (QED) is 0.874. The van der Waals surface area contributed by atoms with Gasteiger partial charge in [-0.15, -0.1) is 0 Å². The summed E-state index contributed by atoms with van der Waals surface area (Å²) in [4.78, 5) is 4.64. The van der Waals surface area contributed by atoms with Crippen LogP contribution in [0.3, 0.4) is 0 Å². The summed E-state index contributed by atoms with van der Waals surface area (Å²) < 4.78 is 26.7. The monoisotopic (exact) mass is 349 g/mol. The van der Waals surface area contributed by atoms with Crippen LogP contribution < -0.4 is 15.1 Å². The van der Waals surface area contributed by atoms with Gasteiger partial charge in [-0.3, -0.25) is 0 Å². The molecule has 4 fully saturated rings. The van der Waals surface area contributed by atoms with Crippen LogP contribution in [0.15, 0.2) is 24.3 Å². The Morgan fingerprint density at radius 3 is 2.36 bits per heavy atom. The predicted molar refractivity (Wildman–Crippen MR) is 98.8 cm³/mol. The molecule has 25 heavy (non-hydrogen) atoms. The molecule has 4 aliphatic heterocycles. The molecule has 0 aromatic heterocycles. The van der Waals surface area contributed by atoms with Crippen LogP contribution in [0, 0.1) is 5.41 Å². The summed E-state index contributed by atoms with van der Waals surface area (Å²) in [7, 11) is 0. The third-order valence-electron chi connectivity index (χ3n) is 6.36. The largest absolute Gasteiger partial charge is 0.371 e. The molecule has 4 heterocycles. The van der Waals surface area contributed by atoms with Gasteiger partial charge in [0.1, 0.15) is 0 Å². The number of hydrogen-bond acceptors (Lipinski definition) is 3. The molecule has 138 valence electrons. The Kier molecular flexibility index (Phi) is 4.18. The highest BCUT2D eigenvalue weighted by Crippen LogP contribution is 2.41. The van der Waals surface area contributed by atoms with Crippen LogP contribution in [0.4, 0.5) is 20.2 Å². The van der Waals surface area contributed by atoms with Crippen LogP contribution in [0.1, 0.15) is 39.5 Å². The van der Waals surface area contributed by atoms with Crippen molar-refractivity contribution in [2.75, 3.05) is 36.0 Å². The van der Waals surface area contributed by atoms with Crippen LogP contribution in [0.5, 0.6) is 0 Å². The third-order valence-corrected chi connectivity index (χ3v) is 6.36. The molecule has 1 aromatic rings. The molecule has 1 N–H and O–H groups in total. The first-order valence-electron chi connectivity index (χ1n) is 9.57. The summed E-state index contributed by atoms with van der Waals surface area (Å²) in [6.45, 7) is 7.80. The molecule has 4 aliphatic rings. The summed E-state index contributed by atoms with van der Waals surface area (Å²) in [5, 5.41) is 3.68. The smallest absolute Gasteiger partial charge is 0.251 e. The minimum Gasteiger partial charge on any atom is -0.371 e. The summed E-state index contributed by atoms with van der Waals surface area (Å²) in [5.74, 6) is -2.49. The maximum absolute atomic E-state index is 13.4. The Balaban J connectivity index is 1.51. The van der Waals surface area contributed by atoms with Crippen molar-refractivity contribution < 1.29 is 8.78 Å². The van der Waals surface area contributed by atoms with E-state index in [1.807, 2.05) is 0 Å². The fraction of sp³-hybridized carbons (Fsp3) is 0.700. The SMILES string of the molecule is CC1(C)C[C@H]2CN(c3ccc(N4CCC(F)(F)CC4)cc3)C1CCN2. The first-order valence-corrected chi connectivity index (χ1v) is 9.57. The van der Waals surface area contributed by atoms with Crippen molar-refractivity contribution in [2.45, 2.75) is 57.5 Å². The van der Waals surface area contributed by atoms with Gasteiger partial charge >= 0.3 is 0 Å². The van der Waals surface area contributed by atoms with E-state index in [0.29, 0.717) is 30.6 Å². The molecule has 0 saturated carbocycles. The number of fused-ring (bicyclic) bond motifs is 4. The van der Waals surface area contributed by atoms with E-state index in [1.165, 1.54) is 18.5 Å². The number of nitrogens with zero attached hydrogens (tertiary/aromatic N) is 2. The third kappa shape index (κ3) is 3.35. The van der Waals surface area contributed by atoms with Crippen LogP contribution >= 0.6 is 0 Å². The first-order chi connectivity index (χ1) is 11.8. The second-order valence-electron chi connectivity index (χ2n) is 8.66. The zero-order valence-electron chi connectivity index (χ0n) is 15.3. The molecular formula is C20H29F2N3. The van der Waals surface area contributed by atoms with Gasteiger partial charge in [0.2, 0.25) is 0 Å². The van der Waals surface area contributed by atoms with Gasteiger partial charge in [-0.25, -0.2) is 8.78 Å². The van der Waals surface area contributed by atoms with Gasteiger partial charge in [-0.05, 0) is 49.1 Å². The number of nitrogens with one attached hydrogen (secondary N) is 1. The molecule has 0 spiro atoms. The lowest BCUT2D eigenvalue weighted by atomic mass is 9.74. The summed E-state index contributed by atoms with van der Waals surface area (Å²) in [5.41, 5.74) is 2.64. The second kappa shape index (κ2) is 6.11. The summed E-state index contributed by atoms with van der Waals surface area (Å²) in [6.07, 6.45) is 2.33. The number of alkyl halides is 2. The molecule has 0 aliphatic carbocycles. The van der Waals surface area contributed by atoms with Gasteiger partial charge in [0.15, 0.2) is 0 Å².